The van der Waals surface area contributed by atoms with Gasteiger partial charge in [0.1, 0.15) is 25.1 Å². The molecule has 1 aromatic heterocycles. The second kappa shape index (κ2) is 6.93. The molecular formula is C13H15F2N3O6. The summed E-state index contributed by atoms with van der Waals surface area (Å²) in [6, 6.07) is 1.13. The van der Waals surface area contributed by atoms with E-state index in [0.29, 0.717) is 4.57 Å². The predicted molar refractivity (Wildman–Crippen MR) is 75.3 cm³/mol. The molecule has 3 N–H and O–H groups in total. The second-order valence-electron chi connectivity index (χ2n) is 4.85. The molecule has 0 amide bonds. The Bertz CT molecular complexity index is 680. The topological polar surface area (TPSA) is 126 Å². The van der Waals surface area contributed by atoms with Crippen molar-refractivity contribution in [3.05, 3.63) is 35.4 Å². The SMILES string of the molecule is C=CCOC(=O)OC[C@H]1O[C@@H](n2ccc(N)nc2=O)C(F)(F)[C@@H]1O. The highest BCUT2D eigenvalue weighted by Gasteiger charge is 2.60. The molecule has 1 aromatic rings. The number of rotatable bonds is 5. The average molecular weight is 347 g/mol. The molecule has 2 heterocycles. The number of aromatic nitrogens is 2. The van der Waals surface area contributed by atoms with Crippen molar-refractivity contribution >= 4 is 12.0 Å². The van der Waals surface area contributed by atoms with Crippen LogP contribution in [0, 0.1) is 0 Å². The Morgan fingerprint density at radius 3 is 2.92 bits per heavy atom. The van der Waals surface area contributed by atoms with Crippen molar-refractivity contribution in [2.45, 2.75) is 24.4 Å². The Morgan fingerprint density at radius 1 is 1.58 bits per heavy atom. The molecule has 0 unspecified atom stereocenters. The van der Waals surface area contributed by atoms with Crippen LogP contribution < -0.4 is 11.4 Å². The van der Waals surface area contributed by atoms with Crippen LogP contribution in [-0.2, 0) is 14.2 Å². The van der Waals surface area contributed by atoms with Crippen molar-refractivity contribution in [1.29, 1.82) is 0 Å². The number of aliphatic hydroxyl groups excluding tert-OH is 1. The number of ether oxygens (including phenoxy) is 3. The van der Waals surface area contributed by atoms with Gasteiger partial charge in [0.25, 0.3) is 0 Å². The van der Waals surface area contributed by atoms with Gasteiger partial charge in [0.15, 0.2) is 6.10 Å². The Kier molecular flexibility index (Phi) is 5.14. The molecule has 132 valence electrons. The zero-order valence-electron chi connectivity index (χ0n) is 12.3. The Morgan fingerprint density at radius 2 is 2.29 bits per heavy atom. The van der Waals surface area contributed by atoms with E-state index in [-0.39, 0.29) is 12.4 Å². The number of hydrogen-bond donors (Lipinski definition) is 2. The summed E-state index contributed by atoms with van der Waals surface area (Å²) in [7, 11) is 0. The lowest BCUT2D eigenvalue weighted by atomic mass is 10.1. The van der Waals surface area contributed by atoms with Crippen LogP contribution in [0.2, 0.25) is 0 Å². The monoisotopic (exact) mass is 347 g/mol. The summed E-state index contributed by atoms with van der Waals surface area (Å²) in [5, 5.41) is 9.70. The summed E-state index contributed by atoms with van der Waals surface area (Å²) in [6.45, 7) is 2.49. The fraction of sp³-hybridized carbons (Fsp3) is 0.462. The molecule has 2 rings (SSSR count). The van der Waals surface area contributed by atoms with E-state index in [0.717, 1.165) is 12.3 Å². The molecule has 3 atom stereocenters. The van der Waals surface area contributed by atoms with Crippen LogP contribution >= 0.6 is 0 Å². The lowest BCUT2D eigenvalue weighted by Crippen LogP contribution is -2.42. The van der Waals surface area contributed by atoms with Gasteiger partial charge in [-0.3, -0.25) is 4.57 Å². The quantitative estimate of drug-likeness (QED) is 0.566. The first-order valence-corrected chi connectivity index (χ1v) is 6.73. The van der Waals surface area contributed by atoms with Gasteiger partial charge in [0.05, 0.1) is 0 Å². The Balaban J connectivity index is 2.11. The van der Waals surface area contributed by atoms with Gasteiger partial charge >= 0.3 is 17.8 Å². The standard InChI is InChI=1S/C13H15F2N3O6/c1-2-5-22-12(21)23-6-7-9(19)13(14,15)10(24-7)18-4-3-8(16)17-11(18)20/h2-4,7,9-10,19H,1,5-6H2,(H2,16,17,20)/t7-,9-,10-/m1/s1. The van der Waals surface area contributed by atoms with Crippen molar-refractivity contribution in [2.24, 2.45) is 0 Å². The summed E-state index contributed by atoms with van der Waals surface area (Å²) in [6.07, 6.45) is -4.87. The third-order valence-electron chi connectivity index (χ3n) is 3.17. The zero-order chi connectivity index (χ0) is 17.9. The van der Waals surface area contributed by atoms with Gasteiger partial charge in [0.2, 0.25) is 6.23 Å². The number of carbonyl (C=O) groups is 1. The van der Waals surface area contributed by atoms with Crippen LogP contribution in [0.25, 0.3) is 0 Å². The number of nitrogens with two attached hydrogens (primary N) is 1. The molecule has 0 saturated carbocycles. The summed E-state index contributed by atoms with van der Waals surface area (Å²) >= 11 is 0. The van der Waals surface area contributed by atoms with Gasteiger partial charge in [-0.1, -0.05) is 12.7 Å². The molecule has 0 radical (unpaired) electrons. The van der Waals surface area contributed by atoms with Crippen molar-refractivity contribution in [3.8, 4) is 0 Å². The van der Waals surface area contributed by atoms with E-state index in [1.165, 1.54) is 6.08 Å². The van der Waals surface area contributed by atoms with Gasteiger partial charge in [-0.15, -0.1) is 0 Å². The number of halogens is 2. The highest BCUT2D eigenvalue weighted by molar-refractivity contribution is 5.59. The number of aliphatic hydroxyl groups is 1. The maximum atomic E-state index is 14.2. The first-order chi connectivity index (χ1) is 11.3. The third-order valence-corrected chi connectivity index (χ3v) is 3.17. The Hall–Kier alpha value is -2.53. The number of alkyl halides is 2. The van der Waals surface area contributed by atoms with E-state index in [4.69, 9.17) is 10.5 Å². The molecular weight excluding hydrogens is 332 g/mol. The van der Waals surface area contributed by atoms with Gasteiger partial charge in [-0.05, 0) is 6.07 Å². The third kappa shape index (κ3) is 3.51. The molecule has 0 bridgehead atoms. The minimum atomic E-state index is -3.82. The first kappa shape index (κ1) is 17.8. The van der Waals surface area contributed by atoms with Gasteiger partial charge in [-0.2, -0.15) is 13.8 Å². The van der Waals surface area contributed by atoms with Gasteiger partial charge < -0.3 is 25.1 Å². The van der Waals surface area contributed by atoms with Crippen molar-refractivity contribution in [1.82, 2.24) is 9.55 Å². The molecule has 1 aliphatic rings. The van der Waals surface area contributed by atoms with E-state index < -0.39 is 42.8 Å². The smallest absolute Gasteiger partial charge is 0.431 e. The zero-order valence-corrected chi connectivity index (χ0v) is 12.3. The molecule has 1 aliphatic heterocycles. The van der Waals surface area contributed by atoms with Gasteiger partial charge in [-0.25, -0.2) is 9.59 Å². The summed E-state index contributed by atoms with van der Waals surface area (Å²) in [5.74, 6) is -3.97. The molecule has 9 nitrogen and oxygen atoms in total. The van der Waals surface area contributed by atoms with E-state index >= 15 is 0 Å². The van der Waals surface area contributed by atoms with Crippen molar-refractivity contribution in [2.75, 3.05) is 18.9 Å². The molecule has 11 heteroatoms. The summed E-state index contributed by atoms with van der Waals surface area (Å²) < 4.78 is 42.9. The fourth-order valence-electron chi connectivity index (χ4n) is 2.03. The minimum absolute atomic E-state index is 0.127. The van der Waals surface area contributed by atoms with Crippen LogP contribution in [0.15, 0.2) is 29.7 Å². The highest BCUT2D eigenvalue weighted by Crippen LogP contribution is 2.42. The van der Waals surface area contributed by atoms with Crippen molar-refractivity contribution < 1.29 is 32.9 Å². The first-order valence-electron chi connectivity index (χ1n) is 6.73. The van der Waals surface area contributed by atoms with E-state index in [9.17, 15) is 23.5 Å². The lowest BCUT2D eigenvalue weighted by Gasteiger charge is -2.20. The molecule has 24 heavy (non-hydrogen) atoms. The molecule has 0 aromatic carbocycles. The van der Waals surface area contributed by atoms with Crippen molar-refractivity contribution in [3.63, 3.8) is 0 Å². The largest absolute Gasteiger partial charge is 0.508 e. The maximum absolute atomic E-state index is 14.2. The van der Waals surface area contributed by atoms with Gasteiger partial charge in [0, 0.05) is 6.20 Å². The highest BCUT2D eigenvalue weighted by atomic mass is 19.3. The summed E-state index contributed by atoms with van der Waals surface area (Å²) in [4.78, 5) is 26.2. The molecule has 1 fully saturated rings. The number of carbonyl (C=O) groups excluding carboxylic acids is 1. The van der Waals surface area contributed by atoms with Crippen LogP contribution in [-0.4, -0.2) is 52.2 Å². The molecule has 0 spiro atoms. The number of nitrogens with zero attached hydrogens (tertiary/aromatic N) is 2. The lowest BCUT2D eigenvalue weighted by molar-refractivity contribution is -0.141. The number of nitrogen functional groups attached to an aromatic ring is 1. The number of anilines is 1. The summed E-state index contributed by atoms with van der Waals surface area (Å²) in [5.41, 5.74) is 4.22. The normalized spacial score (nSPS) is 25.2. The van der Waals surface area contributed by atoms with E-state index in [2.05, 4.69) is 21.0 Å². The van der Waals surface area contributed by atoms with E-state index in [1.54, 1.807) is 0 Å². The average Bonchev–Trinajstić information content (AvgIpc) is 2.74. The molecule has 1 saturated heterocycles. The van der Waals surface area contributed by atoms with E-state index in [1.807, 2.05) is 0 Å². The predicted octanol–water partition coefficient (Wildman–Crippen LogP) is 0.0583. The molecule has 0 aliphatic carbocycles. The van der Waals surface area contributed by atoms with Crippen LogP contribution in [0.3, 0.4) is 0 Å². The Labute approximate surface area is 134 Å². The minimum Gasteiger partial charge on any atom is -0.431 e. The number of hydrogen-bond acceptors (Lipinski definition) is 8. The second-order valence-corrected chi connectivity index (χ2v) is 4.85. The van der Waals surface area contributed by atoms with Crippen LogP contribution in [0.5, 0.6) is 0 Å². The fourth-order valence-corrected chi connectivity index (χ4v) is 2.03. The van der Waals surface area contributed by atoms with Crippen LogP contribution in [0.4, 0.5) is 19.4 Å². The van der Waals surface area contributed by atoms with Crippen LogP contribution in [0.1, 0.15) is 6.23 Å². The maximum Gasteiger partial charge on any atom is 0.508 e.